The van der Waals surface area contributed by atoms with Gasteiger partial charge in [0.15, 0.2) is 0 Å². The molecule has 9 nitrogen and oxygen atoms in total. The Morgan fingerprint density at radius 1 is 1.31 bits per heavy atom. The number of fused-ring (bicyclic) bond motifs is 1. The summed E-state index contributed by atoms with van der Waals surface area (Å²) < 4.78 is 5.87. The Morgan fingerprint density at radius 2 is 2.11 bits per heavy atom. The largest absolute Gasteiger partial charge is 0.490 e. The van der Waals surface area contributed by atoms with Crippen molar-refractivity contribution in [2.75, 3.05) is 32.1 Å². The SMILES string of the molecule is Cc1ccc(OCC(O)CO)c([C@@H]2C(C(=O)Nc3cccc(Cl)c3)CCC3=NN(C)C(=O)CN32)c1. The Labute approximate surface area is 208 Å². The Kier molecular flexibility index (Phi) is 7.59. The van der Waals surface area contributed by atoms with E-state index in [4.69, 9.17) is 16.3 Å². The molecular weight excluding hydrogens is 472 g/mol. The van der Waals surface area contributed by atoms with Crippen molar-refractivity contribution in [3.8, 4) is 5.75 Å². The highest BCUT2D eigenvalue weighted by atomic mass is 35.5. The van der Waals surface area contributed by atoms with Crippen LogP contribution in [0.15, 0.2) is 47.6 Å². The molecule has 3 N–H and O–H groups in total. The number of likely N-dealkylation sites (N-methyl/N-ethyl adjacent to an activating group) is 1. The van der Waals surface area contributed by atoms with Crippen LogP contribution in [0.4, 0.5) is 5.69 Å². The van der Waals surface area contributed by atoms with Crippen molar-refractivity contribution in [1.29, 1.82) is 0 Å². The number of carbonyl (C=O) groups excluding carboxylic acids is 2. The smallest absolute Gasteiger partial charge is 0.262 e. The first-order chi connectivity index (χ1) is 16.8. The van der Waals surface area contributed by atoms with Crippen LogP contribution in [-0.4, -0.2) is 70.7 Å². The van der Waals surface area contributed by atoms with Crippen LogP contribution in [0.3, 0.4) is 0 Å². The van der Waals surface area contributed by atoms with Gasteiger partial charge >= 0.3 is 0 Å². The predicted octanol–water partition coefficient (Wildman–Crippen LogP) is 2.56. The van der Waals surface area contributed by atoms with Gasteiger partial charge in [0.2, 0.25) is 5.91 Å². The standard InChI is InChI=1S/C25H29ClN4O5/c1-15-6-8-21(35-14-18(32)13-31)20(10-15)24-19(25(34)27-17-5-3-4-16(26)11-17)7-9-22-28-29(2)23(33)12-30(22)24/h3-6,8,10-11,18-19,24,31-32H,7,9,12-14H2,1-2H3,(H,27,34)/t18?,19?,24-/m0/s1. The van der Waals surface area contributed by atoms with Crippen LogP contribution in [0.25, 0.3) is 0 Å². The number of aryl methyl sites for hydroxylation is 1. The lowest BCUT2D eigenvalue weighted by Gasteiger charge is -2.45. The molecule has 3 atom stereocenters. The number of amidine groups is 1. The molecule has 2 aliphatic heterocycles. The highest BCUT2D eigenvalue weighted by molar-refractivity contribution is 6.30. The summed E-state index contributed by atoms with van der Waals surface area (Å²) >= 11 is 6.10. The number of nitrogens with zero attached hydrogens (tertiary/aromatic N) is 3. The lowest BCUT2D eigenvalue weighted by Crippen LogP contribution is -2.53. The number of rotatable bonds is 7. The summed E-state index contributed by atoms with van der Waals surface area (Å²) in [5.74, 6) is 0.301. The molecule has 4 rings (SSSR count). The number of hydrazone groups is 1. The third-order valence-corrected chi connectivity index (χ3v) is 6.45. The monoisotopic (exact) mass is 500 g/mol. The molecule has 0 bridgehead atoms. The molecule has 0 spiro atoms. The Morgan fingerprint density at radius 3 is 2.86 bits per heavy atom. The van der Waals surface area contributed by atoms with Crippen molar-refractivity contribution in [1.82, 2.24) is 9.91 Å². The second-order valence-electron chi connectivity index (χ2n) is 8.84. The molecule has 0 radical (unpaired) electrons. The number of ether oxygens (including phenoxy) is 1. The van der Waals surface area contributed by atoms with Gasteiger partial charge in [-0.05, 0) is 37.6 Å². The van der Waals surface area contributed by atoms with E-state index in [0.717, 1.165) is 11.4 Å². The molecular formula is C25H29ClN4O5. The minimum Gasteiger partial charge on any atom is -0.490 e. The fraction of sp³-hybridized carbons (Fsp3) is 0.400. The molecule has 0 aliphatic carbocycles. The number of anilines is 1. The number of halogens is 1. The third kappa shape index (κ3) is 5.58. The van der Waals surface area contributed by atoms with Crippen molar-refractivity contribution >= 4 is 34.9 Å². The average molecular weight is 501 g/mol. The van der Waals surface area contributed by atoms with Crippen LogP contribution in [-0.2, 0) is 9.59 Å². The lowest BCUT2D eigenvalue weighted by molar-refractivity contribution is -0.134. The highest BCUT2D eigenvalue weighted by Gasteiger charge is 2.44. The molecule has 0 aromatic heterocycles. The number of aliphatic hydroxyl groups is 2. The minimum absolute atomic E-state index is 0.0770. The molecule has 2 aromatic carbocycles. The summed E-state index contributed by atoms with van der Waals surface area (Å²) in [5.41, 5.74) is 2.25. The molecule has 2 aliphatic rings. The lowest BCUT2D eigenvalue weighted by atomic mass is 9.82. The molecule has 1 fully saturated rings. The molecule has 186 valence electrons. The van der Waals surface area contributed by atoms with Crippen LogP contribution in [0, 0.1) is 12.8 Å². The molecule has 2 unspecified atom stereocenters. The molecule has 2 amide bonds. The van der Waals surface area contributed by atoms with Crippen molar-refractivity contribution in [2.45, 2.75) is 31.9 Å². The Balaban J connectivity index is 1.74. The molecule has 35 heavy (non-hydrogen) atoms. The zero-order chi connectivity index (χ0) is 25.1. The van der Waals surface area contributed by atoms with E-state index >= 15 is 0 Å². The van der Waals surface area contributed by atoms with Gasteiger partial charge in [0.1, 0.15) is 30.8 Å². The van der Waals surface area contributed by atoms with Gasteiger partial charge in [0, 0.05) is 29.7 Å². The van der Waals surface area contributed by atoms with Gasteiger partial charge < -0.3 is 25.2 Å². The molecule has 1 saturated heterocycles. The van der Waals surface area contributed by atoms with E-state index in [1.54, 1.807) is 37.4 Å². The van der Waals surface area contributed by atoms with E-state index in [0.29, 0.717) is 34.9 Å². The van der Waals surface area contributed by atoms with Crippen LogP contribution in [0.1, 0.15) is 30.0 Å². The molecule has 2 aromatic rings. The van der Waals surface area contributed by atoms with Gasteiger partial charge in [0.25, 0.3) is 5.91 Å². The summed E-state index contributed by atoms with van der Waals surface area (Å²) in [7, 11) is 1.62. The Bertz CT molecular complexity index is 1140. The van der Waals surface area contributed by atoms with Crippen LogP contribution in [0.5, 0.6) is 5.75 Å². The zero-order valence-electron chi connectivity index (χ0n) is 19.6. The van der Waals surface area contributed by atoms with E-state index in [2.05, 4.69) is 10.4 Å². The van der Waals surface area contributed by atoms with Gasteiger partial charge in [-0.25, -0.2) is 5.01 Å². The van der Waals surface area contributed by atoms with E-state index in [-0.39, 0.29) is 25.0 Å². The van der Waals surface area contributed by atoms with Gasteiger partial charge in [-0.3, -0.25) is 9.59 Å². The number of amides is 2. The number of hydrogen-bond acceptors (Lipinski definition) is 7. The average Bonchev–Trinajstić information content (AvgIpc) is 2.83. The van der Waals surface area contributed by atoms with E-state index < -0.39 is 24.7 Å². The number of carbonyl (C=O) groups is 2. The van der Waals surface area contributed by atoms with E-state index in [1.165, 1.54) is 5.01 Å². The van der Waals surface area contributed by atoms with Crippen LogP contribution in [0.2, 0.25) is 5.02 Å². The molecule has 10 heteroatoms. The zero-order valence-corrected chi connectivity index (χ0v) is 20.4. The van der Waals surface area contributed by atoms with Gasteiger partial charge in [-0.1, -0.05) is 35.4 Å². The van der Waals surface area contributed by atoms with E-state index in [1.807, 2.05) is 24.0 Å². The van der Waals surface area contributed by atoms with Crippen molar-refractivity contribution < 1.29 is 24.5 Å². The number of hydrogen-bond donors (Lipinski definition) is 3. The van der Waals surface area contributed by atoms with Crippen molar-refractivity contribution in [2.24, 2.45) is 11.0 Å². The highest BCUT2D eigenvalue weighted by Crippen LogP contribution is 2.43. The summed E-state index contributed by atoms with van der Waals surface area (Å²) in [6.45, 7) is 1.47. The molecule has 0 saturated carbocycles. The number of benzene rings is 2. The third-order valence-electron chi connectivity index (χ3n) is 6.21. The maximum Gasteiger partial charge on any atom is 0.262 e. The number of nitrogens with one attached hydrogen (secondary N) is 1. The molecule has 2 heterocycles. The summed E-state index contributed by atoms with van der Waals surface area (Å²) in [5, 5.41) is 28.3. The maximum atomic E-state index is 13.6. The maximum absolute atomic E-state index is 13.6. The number of piperidine rings is 1. The second kappa shape index (κ2) is 10.6. The van der Waals surface area contributed by atoms with Crippen molar-refractivity contribution in [3.63, 3.8) is 0 Å². The fourth-order valence-electron chi connectivity index (χ4n) is 4.47. The second-order valence-corrected chi connectivity index (χ2v) is 9.28. The quantitative estimate of drug-likeness (QED) is 0.538. The van der Waals surface area contributed by atoms with Gasteiger partial charge in [-0.2, -0.15) is 5.10 Å². The van der Waals surface area contributed by atoms with E-state index in [9.17, 15) is 19.8 Å². The van der Waals surface area contributed by atoms with Crippen LogP contribution < -0.4 is 10.1 Å². The number of aliphatic hydroxyl groups excluding tert-OH is 2. The minimum atomic E-state index is -1.04. The normalized spacial score (nSPS) is 20.7. The summed E-state index contributed by atoms with van der Waals surface area (Å²) in [6, 6.07) is 12.0. The summed E-state index contributed by atoms with van der Waals surface area (Å²) in [6.07, 6.45) is 0.00779. The first-order valence-corrected chi connectivity index (χ1v) is 11.8. The predicted molar refractivity (Wildman–Crippen MR) is 132 cm³/mol. The summed E-state index contributed by atoms with van der Waals surface area (Å²) in [4.78, 5) is 28.0. The Hall–Kier alpha value is -3.14. The topological polar surface area (TPSA) is 115 Å². The van der Waals surface area contributed by atoms with Gasteiger partial charge in [0.05, 0.1) is 18.6 Å². The first kappa shape index (κ1) is 25.0. The van der Waals surface area contributed by atoms with Crippen LogP contribution >= 0.6 is 11.6 Å². The first-order valence-electron chi connectivity index (χ1n) is 11.5. The van der Waals surface area contributed by atoms with Gasteiger partial charge in [-0.15, -0.1) is 0 Å². The van der Waals surface area contributed by atoms with Crippen molar-refractivity contribution in [3.05, 3.63) is 58.6 Å². The fourth-order valence-corrected chi connectivity index (χ4v) is 4.66.